The van der Waals surface area contributed by atoms with Gasteiger partial charge in [-0.2, -0.15) is 0 Å². The molecule has 126 valence electrons. The second-order valence-corrected chi connectivity index (χ2v) is 8.55. The number of aliphatic hydroxyl groups is 1. The quantitative estimate of drug-likeness (QED) is 0.704. The molecule has 7 heteroatoms. The SMILES string of the molecule is Cc1ccc(S(=O)(=O)NCC(O)c2csc3ccccc23)cc1Cl. The summed E-state index contributed by atoms with van der Waals surface area (Å²) in [6.45, 7) is 1.70. The summed E-state index contributed by atoms with van der Waals surface area (Å²) in [6.07, 6.45) is -0.920. The number of sulfonamides is 1. The predicted octanol–water partition coefficient (Wildman–Crippen LogP) is 3.88. The van der Waals surface area contributed by atoms with Crippen LogP contribution >= 0.6 is 22.9 Å². The van der Waals surface area contributed by atoms with Crippen molar-refractivity contribution in [1.82, 2.24) is 4.72 Å². The first-order valence-electron chi connectivity index (χ1n) is 7.28. The summed E-state index contributed by atoms with van der Waals surface area (Å²) >= 11 is 7.51. The van der Waals surface area contributed by atoms with Crippen LogP contribution < -0.4 is 4.72 Å². The summed E-state index contributed by atoms with van der Waals surface area (Å²) in [5.74, 6) is 0. The van der Waals surface area contributed by atoms with Crippen LogP contribution in [0.4, 0.5) is 0 Å². The summed E-state index contributed by atoms with van der Waals surface area (Å²) in [7, 11) is -3.73. The van der Waals surface area contributed by atoms with Crippen LogP contribution in [0.25, 0.3) is 10.1 Å². The van der Waals surface area contributed by atoms with Crippen molar-refractivity contribution in [3.05, 3.63) is 64.0 Å². The summed E-state index contributed by atoms with van der Waals surface area (Å²) in [4.78, 5) is 0.0838. The Morgan fingerprint density at radius 3 is 2.75 bits per heavy atom. The van der Waals surface area contributed by atoms with Crippen molar-refractivity contribution < 1.29 is 13.5 Å². The van der Waals surface area contributed by atoms with Crippen LogP contribution in [0.1, 0.15) is 17.2 Å². The summed E-state index contributed by atoms with van der Waals surface area (Å²) < 4.78 is 28.2. The van der Waals surface area contributed by atoms with Gasteiger partial charge in [-0.05, 0) is 41.5 Å². The Morgan fingerprint density at radius 1 is 1.25 bits per heavy atom. The molecular formula is C17H16ClNO3S2. The van der Waals surface area contributed by atoms with E-state index in [9.17, 15) is 13.5 Å². The average Bonchev–Trinajstić information content (AvgIpc) is 2.99. The molecule has 1 atom stereocenters. The smallest absolute Gasteiger partial charge is 0.240 e. The molecule has 0 fully saturated rings. The molecule has 0 saturated heterocycles. The monoisotopic (exact) mass is 381 g/mol. The first-order valence-corrected chi connectivity index (χ1v) is 10.0. The topological polar surface area (TPSA) is 66.4 Å². The van der Waals surface area contributed by atoms with E-state index < -0.39 is 16.1 Å². The van der Waals surface area contributed by atoms with E-state index in [2.05, 4.69) is 4.72 Å². The number of hydrogen-bond donors (Lipinski definition) is 2. The van der Waals surface area contributed by atoms with E-state index in [1.54, 1.807) is 13.0 Å². The number of aliphatic hydroxyl groups excluding tert-OH is 1. The Morgan fingerprint density at radius 2 is 2.00 bits per heavy atom. The van der Waals surface area contributed by atoms with Gasteiger partial charge in [0.25, 0.3) is 0 Å². The Labute approximate surface area is 149 Å². The Hall–Kier alpha value is -1.44. The van der Waals surface area contributed by atoms with Crippen molar-refractivity contribution in [2.45, 2.75) is 17.9 Å². The fraction of sp³-hybridized carbons (Fsp3) is 0.176. The summed E-state index contributed by atoms with van der Waals surface area (Å²) in [6, 6.07) is 12.3. The highest BCUT2D eigenvalue weighted by molar-refractivity contribution is 7.89. The molecule has 3 rings (SSSR count). The van der Waals surface area contributed by atoms with Crippen molar-refractivity contribution in [2.75, 3.05) is 6.54 Å². The highest BCUT2D eigenvalue weighted by Crippen LogP contribution is 2.30. The van der Waals surface area contributed by atoms with Crippen LogP contribution in [-0.2, 0) is 10.0 Å². The van der Waals surface area contributed by atoms with Crippen LogP contribution in [0.5, 0.6) is 0 Å². The van der Waals surface area contributed by atoms with E-state index >= 15 is 0 Å². The largest absolute Gasteiger partial charge is 0.387 e. The Bertz CT molecular complexity index is 982. The van der Waals surface area contributed by atoms with E-state index in [0.717, 1.165) is 21.2 Å². The number of rotatable bonds is 5. The third-order valence-corrected chi connectivity index (χ3v) is 6.60. The van der Waals surface area contributed by atoms with E-state index in [-0.39, 0.29) is 11.4 Å². The first kappa shape index (κ1) is 17.4. The van der Waals surface area contributed by atoms with Gasteiger partial charge in [0, 0.05) is 21.8 Å². The number of benzene rings is 2. The maximum Gasteiger partial charge on any atom is 0.240 e. The fourth-order valence-electron chi connectivity index (χ4n) is 2.38. The first-order chi connectivity index (χ1) is 11.4. The predicted molar refractivity (Wildman–Crippen MR) is 98.2 cm³/mol. The molecule has 1 unspecified atom stereocenters. The van der Waals surface area contributed by atoms with Crippen LogP contribution in [0.2, 0.25) is 5.02 Å². The van der Waals surface area contributed by atoms with Crippen molar-refractivity contribution >= 4 is 43.0 Å². The molecule has 0 aliphatic heterocycles. The average molecular weight is 382 g/mol. The second kappa shape index (κ2) is 6.82. The molecule has 0 aliphatic rings. The van der Waals surface area contributed by atoms with Crippen LogP contribution in [-0.4, -0.2) is 20.1 Å². The number of halogens is 1. The molecule has 24 heavy (non-hydrogen) atoms. The van der Waals surface area contributed by atoms with Crippen LogP contribution in [0.15, 0.2) is 52.7 Å². The van der Waals surface area contributed by atoms with Crippen molar-refractivity contribution in [3.8, 4) is 0 Å². The van der Waals surface area contributed by atoms with Gasteiger partial charge in [-0.3, -0.25) is 0 Å². The molecule has 1 aromatic heterocycles. The van der Waals surface area contributed by atoms with Gasteiger partial charge in [-0.1, -0.05) is 35.9 Å². The fourth-order valence-corrected chi connectivity index (χ4v) is 4.70. The molecule has 0 amide bonds. The third-order valence-electron chi connectivity index (χ3n) is 3.79. The minimum Gasteiger partial charge on any atom is -0.387 e. The van der Waals surface area contributed by atoms with Crippen molar-refractivity contribution in [2.24, 2.45) is 0 Å². The maximum atomic E-state index is 12.4. The van der Waals surface area contributed by atoms with E-state index in [4.69, 9.17) is 11.6 Å². The lowest BCUT2D eigenvalue weighted by molar-refractivity contribution is 0.184. The molecule has 4 nitrogen and oxygen atoms in total. The number of fused-ring (bicyclic) bond motifs is 1. The Balaban J connectivity index is 1.77. The number of hydrogen-bond acceptors (Lipinski definition) is 4. The van der Waals surface area contributed by atoms with Gasteiger partial charge in [0.1, 0.15) is 0 Å². The molecule has 1 heterocycles. The Kier molecular flexibility index (Phi) is 4.94. The van der Waals surface area contributed by atoms with Crippen LogP contribution in [0.3, 0.4) is 0 Å². The van der Waals surface area contributed by atoms with Gasteiger partial charge in [0.2, 0.25) is 10.0 Å². The van der Waals surface area contributed by atoms with Gasteiger partial charge < -0.3 is 5.11 Å². The van der Waals surface area contributed by atoms with E-state index in [1.165, 1.54) is 23.5 Å². The van der Waals surface area contributed by atoms with Crippen molar-refractivity contribution in [3.63, 3.8) is 0 Å². The number of aryl methyl sites for hydroxylation is 1. The number of nitrogens with one attached hydrogen (secondary N) is 1. The zero-order valence-electron chi connectivity index (χ0n) is 12.9. The zero-order valence-corrected chi connectivity index (χ0v) is 15.3. The number of thiophene rings is 1. The van der Waals surface area contributed by atoms with Gasteiger partial charge in [0.05, 0.1) is 11.0 Å². The molecule has 3 aromatic rings. The standard InChI is InChI=1S/C17H16ClNO3S2/c1-11-6-7-12(8-15(11)18)24(21,22)19-9-16(20)14-10-23-17-5-3-2-4-13(14)17/h2-8,10,16,19-20H,9H2,1H3. The minimum absolute atomic E-state index is 0.0838. The molecule has 0 bridgehead atoms. The molecule has 2 aromatic carbocycles. The summed E-state index contributed by atoms with van der Waals surface area (Å²) in [5, 5.41) is 13.6. The molecule has 2 N–H and O–H groups in total. The van der Waals surface area contributed by atoms with Gasteiger partial charge in [-0.15, -0.1) is 11.3 Å². The normalized spacial score (nSPS) is 13.3. The lowest BCUT2D eigenvalue weighted by atomic mass is 10.1. The molecule has 0 spiro atoms. The van der Waals surface area contributed by atoms with Gasteiger partial charge in [0.15, 0.2) is 0 Å². The van der Waals surface area contributed by atoms with Gasteiger partial charge >= 0.3 is 0 Å². The maximum absolute atomic E-state index is 12.4. The third kappa shape index (κ3) is 3.48. The minimum atomic E-state index is -3.73. The summed E-state index contributed by atoms with van der Waals surface area (Å²) in [5.41, 5.74) is 1.53. The molecule has 0 aliphatic carbocycles. The van der Waals surface area contributed by atoms with E-state index in [0.29, 0.717) is 5.02 Å². The lowest BCUT2D eigenvalue weighted by Crippen LogP contribution is -2.28. The highest BCUT2D eigenvalue weighted by Gasteiger charge is 2.19. The van der Waals surface area contributed by atoms with Crippen molar-refractivity contribution in [1.29, 1.82) is 0 Å². The zero-order chi connectivity index (χ0) is 17.3. The molecular weight excluding hydrogens is 366 g/mol. The molecule has 0 radical (unpaired) electrons. The van der Waals surface area contributed by atoms with Gasteiger partial charge in [-0.25, -0.2) is 13.1 Å². The lowest BCUT2D eigenvalue weighted by Gasteiger charge is -2.12. The molecule has 0 saturated carbocycles. The van der Waals surface area contributed by atoms with Crippen LogP contribution in [0, 0.1) is 6.92 Å². The second-order valence-electron chi connectivity index (χ2n) is 5.47. The van der Waals surface area contributed by atoms with E-state index in [1.807, 2.05) is 29.6 Å². The highest BCUT2D eigenvalue weighted by atomic mass is 35.5.